The lowest BCUT2D eigenvalue weighted by molar-refractivity contribution is -0.116. The molecular weight excluding hydrogens is 283 g/mol. The molecule has 0 aliphatic carbocycles. The standard InChI is InChI=1S/C14H19FN2O2.ClH/c1-19-11-5-6-12(15)13(9-11)17-14(18)7-4-10-3-2-8-16-10;/h5-6,9-10,16H,2-4,7-8H2,1H3,(H,17,18);1H. The quantitative estimate of drug-likeness (QED) is 0.879. The van der Waals surface area contributed by atoms with Gasteiger partial charge in [-0.2, -0.15) is 0 Å². The van der Waals surface area contributed by atoms with Crippen molar-refractivity contribution in [1.29, 1.82) is 0 Å². The Balaban J connectivity index is 0.00000200. The average Bonchev–Trinajstić information content (AvgIpc) is 2.92. The molecule has 1 aliphatic heterocycles. The maximum Gasteiger partial charge on any atom is 0.224 e. The van der Waals surface area contributed by atoms with Crippen molar-refractivity contribution in [2.75, 3.05) is 19.0 Å². The van der Waals surface area contributed by atoms with Crippen molar-refractivity contribution in [2.24, 2.45) is 0 Å². The summed E-state index contributed by atoms with van der Waals surface area (Å²) in [6.45, 7) is 1.02. The topological polar surface area (TPSA) is 50.4 Å². The van der Waals surface area contributed by atoms with Crippen molar-refractivity contribution in [3.05, 3.63) is 24.0 Å². The van der Waals surface area contributed by atoms with Crippen LogP contribution in [0.3, 0.4) is 0 Å². The summed E-state index contributed by atoms with van der Waals surface area (Å²) in [7, 11) is 1.50. The normalized spacial score (nSPS) is 17.4. The third-order valence-electron chi connectivity index (χ3n) is 3.33. The zero-order valence-corrected chi connectivity index (χ0v) is 12.3. The van der Waals surface area contributed by atoms with Crippen molar-refractivity contribution >= 4 is 24.0 Å². The number of amides is 1. The lowest BCUT2D eigenvalue weighted by Crippen LogP contribution is -2.23. The van der Waals surface area contributed by atoms with Gasteiger partial charge in [0, 0.05) is 18.5 Å². The van der Waals surface area contributed by atoms with Crippen LogP contribution in [-0.2, 0) is 4.79 Å². The highest BCUT2D eigenvalue weighted by atomic mass is 35.5. The van der Waals surface area contributed by atoms with Crippen LogP contribution in [0.1, 0.15) is 25.7 Å². The average molecular weight is 303 g/mol. The van der Waals surface area contributed by atoms with Crippen LogP contribution >= 0.6 is 12.4 Å². The van der Waals surface area contributed by atoms with Crippen LogP contribution in [0.5, 0.6) is 5.75 Å². The van der Waals surface area contributed by atoms with E-state index >= 15 is 0 Å². The van der Waals surface area contributed by atoms with E-state index in [9.17, 15) is 9.18 Å². The Bertz CT molecular complexity index is 451. The van der Waals surface area contributed by atoms with Crippen LogP contribution in [0.4, 0.5) is 10.1 Å². The molecular formula is C14H20ClFN2O2. The molecule has 1 aromatic carbocycles. The number of hydrogen-bond donors (Lipinski definition) is 2. The zero-order chi connectivity index (χ0) is 13.7. The SMILES string of the molecule is COc1ccc(F)c(NC(=O)CCC2CCCN2)c1.Cl. The maximum absolute atomic E-state index is 13.5. The van der Waals surface area contributed by atoms with Crippen molar-refractivity contribution in [2.45, 2.75) is 31.7 Å². The lowest BCUT2D eigenvalue weighted by Gasteiger charge is -2.11. The summed E-state index contributed by atoms with van der Waals surface area (Å²) in [6, 6.07) is 4.71. The fourth-order valence-corrected chi connectivity index (χ4v) is 2.25. The van der Waals surface area contributed by atoms with Gasteiger partial charge in [-0.3, -0.25) is 4.79 Å². The molecule has 112 valence electrons. The van der Waals surface area contributed by atoms with E-state index in [2.05, 4.69) is 10.6 Å². The summed E-state index contributed by atoms with van der Waals surface area (Å²) in [5.74, 6) is -0.0943. The molecule has 1 heterocycles. The van der Waals surface area contributed by atoms with Crippen molar-refractivity contribution < 1.29 is 13.9 Å². The summed E-state index contributed by atoms with van der Waals surface area (Å²) in [5, 5.41) is 5.92. The Morgan fingerprint density at radius 1 is 1.55 bits per heavy atom. The highest BCUT2D eigenvalue weighted by molar-refractivity contribution is 5.91. The Hall–Kier alpha value is -1.33. The van der Waals surface area contributed by atoms with Crippen LogP contribution in [0, 0.1) is 5.82 Å². The van der Waals surface area contributed by atoms with Crippen LogP contribution < -0.4 is 15.4 Å². The maximum atomic E-state index is 13.5. The first kappa shape index (κ1) is 16.7. The molecule has 1 aromatic rings. The van der Waals surface area contributed by atoms with E-state index in [-0.39, 0.29) is 24.0 Å². The molecule has 0 bridgehead atoms. The van der Waals surface area contributed by atoms with E-state index in [0.29, 0.717) is 18.2 Å². The van der Waals surface area contributed by atoms with Gasteiger partial charge in [0.1, 0.15) is 11.6 Å². The minimum Gasteiger partial charge on any atom is -0.497 e. The van der Waals surface area contributed by atoms with E-state index in [0.717, 1.165) is 25.8 Å². The minimum absolute atomic E-state index is 0. The van der Waals surface area contributed by atoms with Crippen LogP contribution in [0.2, 0.25) is 0 Å². The molecule has 1 saturated heterocycles. The minimum atomic E-state index is -0.451. The monoisotopic (exact) mass is 302 g/mol. The van der Waals surface area contributed by atoms with Crippen molar-refractivity contribution in [1.82, 2.24) is 5.32 Å². The highest BCUT2D eigenvalue weighted by Crippen LogP contribution is 2.21. The number of halogens is 2. The van der Waals surface area contributed by atoms with Gasteiger partial charge in [-0.05, 0) is 37.9 Å². The molecule has 4 nitrogen and oxygen atoms in total. The van der Waals surface area contributed by atoms with E-state index in [1.54, 1.807) is 0 Å². The van der Waals surface area contributed by atoms with Gasteiger partial charge in [-0.1, -0.05) is 0 Å². The predicted octanol–water partition coefficient (Wildman–Crippen LogP) is 2.73. The Morgan fingerprint density at radius 3 is 3.00 bits per heavy atom. The Morgan fingerprint density at radius 2 is 2.35 bits per heavy atom. The number of nitrogens with one attached hydrogen (secondary N) is 2. The molecule has 2 N–H and O–H groups in total. The lowest BCUT2D eigenvalue weighted by atomic mass is 10.1. The second-order valence-electron chi connectivity index (χ2n) is 4.73. The summed E-state index contributed by atoms with van der Waals surface area (Å²) in [6.07, 6.45) is 3.46. The van der Waals surface area contributed by atoms with Gasteiger partial charge in [0.15, 0.2) is 0 Å². The number of carbonyl (C=O) groups excluding carboxylic acids is 1. The molecule has 1 aliphatic rings. The number of anilines is 1. The molecule has 2 rings (SSSR count). The molecule has 0 radical (unpaired) electrons. The second-order valence-corrected chi connectivity index (χ2v) is 4.73. The van der Waals surface area contributed by atoms with Crippen LogP contribution in [0.25, 0.3) is 0 Å². The van der Waals surface area contributed by atoms with E-state index < -0.39 is 5.82 Å². The molecule has 0 aromatic heterocycles. The van der Waals surface area contributed by atoms with Gasteiger partial charge in [0.2, 0.25) is 5.91 Å². The molecule has 1 fully saturated rings. The van der Waals surface area contributed by atoms with Crippen LogP contribution in [0.15, 0.2) is 18.2 Å². The molecule has 1 amide bonds. The molecule has 0 spiro atoms. The molecule has 6 heteroatoms. The highest BCUT2D eigenvalue weighted by Gasteiger charge is 2.16. The first-order valence-electron chi connectivity index (χ1n) is 6.56. The molecule has 20 heavy (non-hydrogen) atoms. The molecule has 1 atom stereocenters. The van der Waals surface area contributed by atoms with Gasteiger partial charge in [-0.25, -0.2) is 4.39 Å². The number of benzene rings is 1. The summed E-state index contributed by atoms with van der Waals surface area (Å²) < 4.78 is 18.5. The van der Waals surface area contributed by atoms with Gasteiger partial charge in [0.05, 0.1) is 12.8 Å². The number of methoxy groups -OCH3 is 1. The van der Waals surface area contributed by atoms with Crippen molar-refractivity contribution in [3.8, 4) is 5.75 Å². The molecule has 1 unspecified atom stereocenters. The third-order valence-corrected chi connectivity index (χ3v) is 3.33. The molecule has 0 saturated carbocycles. The van der Waals surface area contributed by atoms with E-state index in [1.165, 1.54) is 25.3 Å². The second kappa shape index (κ2) is 8.07. The fraction of sp³-hybridized carbons (Fsp3) is 0.500. The Kier molecular flexibility index (Phi) is 6.75. The number of ether oxygens (including phenoxy) is 1. The van der Waals surface area contributed by atoms with Gasteiger partial charge < -0.3 is 15.4 Å². The van der Waals surface area contributed by atoms with E-state index in [1.807, 2.05) is 0 Å². The largest absolute Gasteiger partial charge is 0.497 e. The summed E-state index contributed by atoms with van der Waals surface area (Å²) >= 11 is 0. The van der Waals surface area contributed by atoms with Gasteiger partial charge >= 0.3 is 0 Å². The van der Waals surface area contributed by atoms with Crippen LogP contribution in [-0.4, -0.2) is 25.6 Å². The van der Waals surface area contributed by atoms with E-state index in [4.69, 9.17) is 4.74 Å². The Labute approximate surface area is 124 Å². The van der Waals surface area contributed by atoms with Gasteiger partial charge in [0.25, 0.3) is 0 Å². The zero-order valence-electron chi connectivity index (χ0n) is 11.4. The summed E-state index contributed by atoms with van der Waals surface area (Å²) in [4.78, 5) is 11.8. The first-order valence-corrected chi connectivity index (χ1v) is 6.56. The number of rotatable bonds is 5. The van der Waals surface area contributed by atoms with Crippen molar-refractivity contribution in [3.63, 3.8) is 0 Å². The third kappa shape index (κ3) is 4.65. The summed E-state index contributed by atoms with van der Waals surface area (Å²) in [5.41, 5.74) is 0.170. The number of carbonyl (C=O) groups is 1. The fourth-order valence-electron chi connectivity index (χ4n) is 2.25. The predicted molar refractivity (Wildman–Crippen MR) is 79.1 cm³/mol. The smallest absolute Gasteiger partial charge is 0.224 e. The number of hydrogen-bond acceptors (Lipinski definition) is 3. The first-order chi connectivity index (χ1) is 9.19. The van der Waals surface area contributed by atoms with Gasteiger partial charge in [-0.15, -0.1) is 12.4 Å².